The van der Waals surface area contributed by atoms with Crippen molar-refractivity contribution in [2.75, 3.05) is 18.0 Å². The molecule has 0 atom stereocenters. The fourth-order valence-electron chi connectivity index (χ4n) is 5.21. The van der Waals surface area contributed by atoms with Gasteiger partial charge in [-0.15, -0.1) is 0 Å². The molecule has 0 aliphatic carbocycles. The van der Waals surface area contributed by atoms with Gasteiger partial charge in [0, 0.05) is 44.6 Å². The second kappa shape index (κ2) is 9.83. The summed E-state index contributed by atoms with van der Waals surface area (Å²) in [5.74, 6) is -1.40. The highest BCUT2D eigenvalue weighted by Crippen LogP contribution is 2.40. The minimum Gasteiger partial charge on any atom is -0.438 e. The molecule has 1 aliphatic rings. The monoisotopic (exact) mass is 597 g/mol. The molecule has 208 valence electrons. The summed E-state index contributed by atoms with van der Waals surface area (Å²) < 4.78 is 36.8. The summed E-state index contributed by atoms with van der Waals surface area (Å²) in [6.45, 7) is 0.402. The number of benzene rings is 2. The summed E-state index contributed by atoms with van der Waals surface area (Å²) in [5.41, 5.74) is 5.40. The number of piperidine rings is 1. The smallest absolute Gasteiger partial charge is 0.405 e. The summed E-state index contributed by atoms with van der Waals surface area (Å²) in [6, 6.07) is 8.62. The first kappa shape index (κ1) is 26.7. The Morgan fingerprint density at radius 2 is 1.93 bits per heavy atom. The highest BCUT2D eigenvalue weighted by Gasteiger charge is 2.42. The van der Waals surface area contributed by atoms with E-state index >= 15 is 0 Å². The third-order valence-electron chi connectivity index (χ3n) is 7.17. The Morgan fingerprint density at radius 3 is 2.61 bits per heavy atom. The van der Waals surface area contributed by atoms with Gasteiger partial charge >= 0.3 is 6.09 Å². The number of nitriles is 1. The second-order valence-electron chi connectivity index (χ2n) is 9.51. The number of nitrogens with zero attached hydrogens (tertiary/aromatic N) is 8. The van der Waals surface area contributed by atoms with Gasteiger partial charge in [-0.25, -0.2) is 23.2 Å². The number of hydrogen-bond acceptors (Lipinski definition) is 8. The number of nitrogens with two attached hydrogens (primary N) is 1. The fraction of sp³-hybridized carbons (Fsp3) is 0.231. The lowest BCUT2D eigenvalue weighted by Gasteiger charge is -2.41. The number of hydrogen-bond donors (Lipinski definition) is 1. The lowest BCUT2D eigenvalue weighted by atomic mass is 9.83. The van der Waals surface area contributed by atoms with Crippen LogP contribution in [-0.4, -0.2) is 48.7 Å². The number of amides is 1. The summed E-state index contributed by atoms with van der Waals surface area (Å²) in [5, 5.41) is 20.2. The first-order valence-electron chi connectivity index (χ1n) is 12.3. The number of anilines is 1. The molecular weight excluding hydrogens is 579 g/mol. The number of primary amides is 1. The van der Waals surface area contributed by atoms with Gasteiger partial charge in [-0.05, 0) is 24.3 Å². The van der Waals surface area contributed by atoms with Crippen LogP contribution in [0.2, 0.25) is 10.2 Å². The van der Waals surface area contributed by atoms with Crippen molar-refractivity contribution in [2.24, 2.45) is 12.8 Å². The Labute approximate surface area is 240 Å². The van der Waals surface area contributed by atoms with Gasteiger partial charge in [-0.1, -0.05) is 23.2 Å². The molecule has 1 saturated heterocycles. The van der Waals surface area contributed by atoms with Gasteiger partial charge in [-0.2, -0.15) is 20.4 Å². The van der Waals surface area contributed by atoms with Crippen LogP contribution in [0, 0.1) is 23.0 Å². The first-order chi connectivity index (χ1) is 19.6. The Bertz CT molecular complexity index is 1910. The number of aryl methyl sites for hydroxylation is 1. The Balaban J connectivity index is 1.39. The number of carbonyl (C=O) groups is 1. The first-order valence-corrected chi connectivity index (χ1v) is 13.0. The molecule has 1 amide bonds. The molecule has 4 heterocycles. The maximum Gasteiger partial charge on any atom is 0.405 e. The molecule has 6 rings (SSSR count). The third-order valence-corrected chi connectivity index (χ3v) is 7.99. The van der Waals surface area contributed by atoms with Crippen molar-refractivity contribution in [1.29, 1.82) is 5.26 Å². The van der Waals surface area contributed by atoms with Crippen molar-refractivity contribution in [3.05, 3.63) is 69.6 Å². The number of fused-ring (bicyclic) bond motifs is 2. The van der Waals surface area contributed by atoms with Crippen molar-refractivity contribution in [3.8, 4) is 11.8 Å². The number of carbonyl (C=O) groups excluding carboxylic acids is 1. The molecule has 0 spiro atoms. The van der Waals surface area contributed by atoms with Crippen LogP contribution in [0.4, 0.5) is 19.5 Å². The average Bonchev–Trinajstić information content (AvgIpc) is 3.49. The van der Waals surface area contributed by atoms with Gasteiger partial charge in [-0.3, -0.25) is 4.68 Å². The maximum absolute atomic E-state index is 14.8. The summed E-state index contributed by atoms with van der Waals surface area (Å²) in [7, 11) is 1.70. The van der Waals surface area contributed by atoms with Crippen LogP contribution in [0.5, 0.6) is 0 Å². The normalized spacial score (nSPS) is 14.9. The molecule has 15 heteroatoms. The zero-order chi connectivity index (χ0) is 29.1. The predicted octanol–water partition coefficient (Wildman–Crippen LogP) is 4.75. The Hall–Kier alpha value is -4.54. The van der Waals surface area contributed by atoms with Crippen LogP contribution >= 0.6 is 23.2 Å². The minimum absolute atomic E-state index is 0.0172. The van der Waals surface area contributed by atoms with Crippen LogP contribution < -0.4 is 10.6 Å². The van der Waals surface area contributed by atoms with Crippen LogP contribution in [0.25, 0.3) is 27.6 Å². The lowest BCUT2D eigenvalue weighted by Crippen LogP contribution is -2.47. The number of aromatic nitrogens is 6. The second-order valence-corrected chi connectivity index (χ2v) is 10.2. The molecular formula is C26H19Cl2F2N9O2. The van der Waals surface area contributed by atoms with E-state index in [1.807, 2.05) is 0 Å². The van der Waals surface area contributed by atoms with E-state index in [1.165, 1.54) is 21.6 Å². The molecule has 41 heavy (non-hydrogen) atoms. The number of ether oxygens (including phenoxy) is 1. The van der Waals surface area contributed by atoms with Gasteiger partial charge < -0.3 is 15.4 Å². The minimum atomic E-state index is -1.42. The largest absolute Gasteiger partial charge is 0.438 e. The SMILES string of the molecule is Cn1nc2ccc(-n3ncc4c(C#N)nc(N5CCC(OC(N)=O)(c6ccc(F)cc6F)CC5)nc43)c(Cl)c2c1Cl. The van der Waals surface area contributed by atoms with E-state index < -0.39 is 23.3 Å². The molecule has 2 aromatic carbocycles. The molecule has 0 bridgehead atoms. The third kappa shape index (κ3) is 4.36. The topological polar surface area (TPSA) is 141 Å². The number of rotatable bonds is 4. The molecule has 3 aromatic heterocycles. The van der Waals surface area contributed by atoms with E-state index in [4.69, 9.17) is 38.7 Å². The summed E-state index contributed by atoms with van der Waals surface area (Å²) >= 11 is 13.2. The fourth-order valence-corrected chi connectivity index (χ4v) is 5.82. The van der Waals surface area contributed by atoms with Crippen LogP contribution in [0.15, 0.2) is 36.5 Å². The van der Waals surface area contributed by atoms with Crippen LogP contribution in [0.1, 0.15) is 24.1 Å². The zero-order valence-electron chi connectivity index (χ0n) is 21.3. The van der Waals surface area contributed by atoms with Gasteiger partial charge in [0.05, 0.1) is 33.2 Å². The number of halogens is 4. The Morgan fingerprint density at radius 1 is 1.17 bits per heavy atom. The molecule has 0 saturated carbocycles. The van der Waals surface area contributed by atoms with E-state index in [9.17, 15) is 18.8 Å². The molecule has 1 aliphatic heterocycles. The summed E-state index contributed by atoms with van der Waals surface area (Å²) in [4.78, 5) is 22.7. The van der Waals surface area contributed by atoms with Gasteiger partial charge in [0.1, 0.15) is 28.5 Å². The molecule has 5 aromatic rings. The molecule has 2 N–H and O–H groups in total. The quantitative estimate of drug-likeness (QED) is 0.313. The highest BCUT2D eigenvalue weighted by molar-refractivity contribution is 6.42. The van der Waals surface area contributed by atoms with Crippen LogP contribution in [0.3, 0.4) is 0 Å². The van der Waals surface area contributed by atoms with Crippen LogP contribution in [-0.2, 0) is 17.4 Å². The highest BCUT2D eigenvalue weighted by atomic mass is 35.5. The van der Waals surface area contributed by atoms with Crippen molar-refractivity contribution < 1.29 is 18.3 Å². The standard InChI is InChI=1S/C26H19Cl2F2N9O2/c1-37-22(28)20-17(36-37)4-5-19(21(20)27)39-23-14(12-33-39)18(11-31)34-25(35-23)38-8-6-26(7-9-38,41-24(32)40)15-3-2-13(29)10-16(15)30/h2-5,10,12H,6-9H2,1H3,(H2,32,40). The molecule has 1 fully saturated rings. The predicted molar refractivity (Wildman–Crippen MR) is 146 cm³/mol. The van der Waals surface area contributed by atoms with Crippen molar-refractivity contribution >= 4 is 57.2 Å². The summed E-state index contributed by atoms with van der Waals surface area (Å²) in [6.07, 6.45) is 0.590. The van der Waals surface area contributed by atoms with Gasteiger partial charge in [0.15, 0.2) is 11.3 Å². The van der Waals surface area contributed by atoms with E-state index in [-0.39, 0.29) is 43.1 Å². The van der Waals surface area contributed by atoms with E-state index in [0.29, 0.717) is 37.8 Å². The maximum atomic E-state index is 14.8. The lowest BCUT2D eigenvalue weighted by molar-refractivity contribution is -0.00940. The van der Waals surface area contributed by atoms with E-state index in [0.717, 1.165) is 12.1 Å². The van der Waals surface area contributed by atoms with E-state index in [1.54, 1.807) is 24.1 Å². The van der Waals surface area contributed by atoms with Crippen molar-refractivity contribution in [3.63, 3.8) is 0 Å². The van der Waals surface area contributed by atoms with Gasteiger partial charge in [0.2, 0.25) is 5.95 Å². The van der Waals surface area contributed by atoms with Crippen molar-refractivity contribution in [2.45, 2.75) is 18.4 Å². The molecule has 0 unspecified atom stereocenters. The van der Waals surface area contributed by atoms with Gasteiger partial charge in [0.25, 0.3) is 0 Å². The zero-order valence-corrected chi connectivity index (χ0v) is 22.8. The van der Waals surface area contributed by atoms with Crippen molar-refractivity contribution in [1.82, 2.24) is 29.5 Å². The molecule has 11 nitrogen and oxygen atoms in total. The average molecular weight is 598 g/mol. The Kier molecular flexibility index (Phi) is 6.39. The van der Waals surface area contributed by atoms with E-state index in [2.05, 4.69) is 21.3 Å². The molecule has 0 radical (unpaired) electrons.